The van der Waals surface area contributed by atoms with Crippen LogP contribution in [0, 0.1) is 11.6 Å². The Bertz CT molecular complexity index is 458. The van der Waals surface area contributed by atoms with E-state index in [9.17, 15) is 26.7 Å². The number of hydrogen-bond acceptors (Lipinski definition) is 2. The molecule has 1 aromatic rings. The zero-order chi connectivity index (χ0) is 13.9. The van der Waals surface area contributed by atoms with E-state index in [4.69, 9.17) is 5.73 Å². The summed E-state index contributed by atoms with van der Waals surface area (Å²) in [6, 6.07) is 1.74. The maximum atomic E-state index is 13.2. The second-order valence-corrected chi connectivity index (χ2v) is 3.49. The van der Waals surface area contributed by atoms with Gasteiger partial charge in [-0.05, 0) is 12.1 Å². The molecule has 0 aliphatic carbocycles. The van der Waals surface area contributed by atoms with Gasteiger partial charge in [-0.15, -0.1) is 0 Å². The van der Waals surface area contributed by atoms with Crippen molar-refractivity contribution in [3.8, 4) is 0 Å². The second-order valence-electron chi connectivity index (χ2n) is 3.49. The number of anilines is 2. The number of nitrogens with one attached hydrogen (secondary N) is 1. The molecule has 0 unspecified atom stereocenters. The van der Waals surface area contributed by atoms with Gasteiger partial charge in [-0.2, -0.15) is 13.2 Å². The zero-order valence-corrected chi connectivity index (χ0v) is 8.94. The van der Waals surface area contributed by atoms with E-state index in [1.807, 2.05) is 5.32 Å². The first kappa shape index (κ1) is 14.2. The number of alkyl halides is 3. The van der Waals surface area contributed by atoms with Crippen LogP contribution < -0.4 is 11.1 Å². The molecular formula is C10H9F5N2O. The molecule has 0 atom stereocenters. The largest absolute Gasteiger partial charge is 0.397 e. The average molecular weight is 268 g/mol. The van der Waals surface area contributed by atoms with E-state index in [0.29, 0.717) is 0 Å². The molecular weight excluding hydrogens is 259 g/mol. The Morgan fingerprint density at radius 1 is 1.28 bits per heavy atom. The molecule has 0 aromatic heterocycles. The smallest absolute Gasteiger partial charge is 0.389 e. The van der Waals surface area contributed by atoms with E-state index in [-0.39, 0.29) is 5.69 Å². The Balaban J connectivity index is 2.74. The van der Waals surface area contributed by atoms with Gasteiger partial charge in [-0.25, -0.2) is 8.78 Å². The summed E-state index contributed by atoms with van der Waals surface area (Å²) in [5, 5.41) is 1.81. The third-order valence-corrected chi connectivity index (χ3v) is 2.03. The number of carbonyl (C=O) groups excluding carboxylic acids is 1. The van der Waals surface area contributed by atoms with Crippen molar-refractivity contribution in [2.24, 2.45) is 0 Å². The molecule has 0 radical (unpaired) electrons. The summed E-state index contributed by atoms with van der Waals surface area (Å²) in [4.78, 5) is 11.1. The van der Waals surface area contributed by atoms with Crippen LogP contribution in [0.1, 0.15) is 12.8 Å². The summed E-state index contributed by atoms with van der Waals surface area (Å²) < 4.78 is 61.5. The lowest BCUT2D eigenvalue weighted by Gasteiger charge is -2.10. The SMILES string of the molecule is Nc1ccc(F)c(F)c1NC(=O)CCC(F)(F)F. The summed E-state index contributed by atoms with van der Waals surface area (Å²) in [6.45, 7) is 0. The van der Waals surface area contributed by atoms with E-state index in [2.05, 4.69) is 0 Å². The quantitative estimate of drug-likeness (QED) is 0.654. The fraction of sp³-hybridized carbons (Fsp3) is 0.300. The van der Waals surface area contributed by atoms with E-state index in [1.54, 1.807) is 0 Å². The molecule has 100 valence electrons. The van der Waals surface area contributed by atoms with Crippen LogP contribution in [0.2, 0.25) is 0 Å². The van der Waals surface area contributed by atoms with Crippen LogP contribution in [-0.2, 0) is 4.79 Å². The molecule has 0 aliphatic heterocycles. The molecule has 8 heteroatoms. The van der Waals surface area contributed by atoms with Crippen LogP contribution in [0.15, 0.2) is 12.1 Å². The van der Waals surface area contributed by atoms with Crippen molar-refractivity contribution in [2.45, 2.75) is 19.0 Å². The minimum absolute atomic E-state index is 0.269. The molecule has 1 amide bonds. The maximum absolute atomic E-state index is 13.2. The third kappa shape index (κ3) is 3.86. The van der Waals surface area contributed by atoms with Gasteiger partial charge in [0, 0.05) is 6.42 Å². The number of benzene rings is 1. The van der Waals surface area contributed by atoms with Crippen molar-refractivity contribution in [1.29, 1.82) is 0 Å². The first-order valence-electron chi connectivity index (χ1n) is 4.81. The molecule has 0 saturated heterocycles. The van der Waals surface area contributed by atoms with Gasteiger partial charge in [0.2, 0.25) is 5.91 Å². The first-order valence-corrected chi connectivity index (χ1v) is 4.81. The predicted octanol–water partition coefficient (Wildman–Crippen LogP) is 2.83. The van der Waals surface area contributed by atoms with Gasteiger partial charge >= 0.3 is 6.18 Å². The van der Waals surface area contributed by atoms with Crippen LogP contribution in [0.3, 0.4) is 0 Å². The number of halogens is 5. The third-order valence-electron chi connectivity index (χ3n) is 2.03. The van der Waals surface area contributed by atoms with Gasteiger partial charge in [-0.3, -0.25) is 4.79 Å². The average Bonchev–Trinajstić information content (AvgIpc) is 2.26. The van der Waals surface area contributed by atoms with Crippen LogP contribution >= 0.6 is 0 Å². The Morgan fingerprint density at radius 3 is 2.44 bits per heavy atom. The Morgan fingerprint density at radius 2 is 1.89 bits per heavy atom. The van der Waals surface area contributed by atoms with Gasteiger partial charge < -0.3 is 11.1 Å². The van der Waals surface area contributed by atoms with E-state index in [0.717, 1.165) is 12.1 Å². The van der Waals surface area contributed by atoms with Gasteiger partial charge in [0.1, 0.15) is 5.69 Å². The normalized spacial score (nSPS) is 11.4. The number of nitrogen functional groups attached to an aromatic ring is 1. The number of nitrogens with two attached hydrogens (primary N) is 1. The van der Waals surface area contributed by atoms with Crippen LogP contribution in [0.4, 0.5) is 33.3 Å². The Kier molecular flexibility index (Phi) is 4.10. The molecule has 0 heterocycles. The van der Waals surface area contributed by atoms with E-state index >= 15 is 0 Å². The Labute approximate surface area is 98.8 Å². The monoisotopic (exact) mass is 268 g/mol. The topological polar surface area (TPSA) is 55.1 Å². The van der Waals surface area contributed by atoms with Crippen molar-refractivity contribution < 1.29 is 26.7 Å². The summed E-state index contributed by atoms with van der Waals surface area (Å²) in [5.41, 5.74) is 4.36. The molecule has 0 aliphatic rings. The molecule has 1 rings (SSSR count). The van der Waals surface area contributed by atoms with Crippen LogP contribution in [-0.4, -0.2) is 12.1 Å². The molecule has 0 bridgehead atoms. The van der Waals surface area contributed by atoms with Crippen molar-refractivity contribution >= 4 is 17.3 Å². The highest BCUT2D eigenvalue weighted by molar-refractivity contribution is 5.94. The summed E-state index contributed by atoms with van der Waals surface area (Å²) in [7, 11) is 0. The van der Waals surface area contributed by atoms with Crippen LogP contribution in [0.5, 0.6) is 0 Å². The lowest BCUT2D eigenvalue weighted by molar-refractivity contribution is -0.142. The van der Waals surface area contributed by atoms with Crippen LogP contribution in [0.25, 0.3) is 0 Å². The van der Waals surface area contributed by atoms with E-state index in [1.165, 1.54) is 0 Å². The zero-order valence-electron chi connectivity index (χ0n) is 8.94. The molecule has 3 nitrogen and oxygen atoms in total. The molecule has 3 N–H and O–H groups in total. The molecule has 0 fully saturated rings. The number of hydrogen-bond donors (Lipinski definition) is 2. The second kappa shape index (κ2) is 5.19. The molecule has 18 heavy (non-hydrogen) atoms. The highest BCUT2D eigenvalue weighted by Crippen LogP contribution is 2.26. The highest BCUT2D eigenvalue weighted by Gasteiger charge is 2.28. The lowest BCUT2D eigenvalue weighted by Crippen LogP contribution is -2.18. The number of amides is 1. The fourth-order valence-corrected chi connectivity index (χ4v) is 1.15. The number of carbonyl (C=O) groups is 1. The summed E-state index contributed by atoms with van der Waals surface area (Å²) in [5.74, 6) is -3.76. The van der Waals surface area contributed by atoms with Crippen molar-refractivity contribution in [3.63, 3.8) is 0 Å². The Hall–Kier alpha value is -1.86. The van der Waals surface area contributed by atoms with E-state index < -0.39 is 42.2 Å². The fourth-order valence-electron chi connectivity index (χ4n) is 1.15. The minimum Gasteiger partial charge on any atom is -0.397 e. The summed E-state index contributed by atoms with van der Waals surface area (Å²) >= 11 is 0. The van der Waals surface area contributed by atoms with Gasteiger partial charge in [0.05, 0.1) is 12.1 Å². The standard InChI is InChI=1S/C10H9F5N2O/c11-5-1-2-6(16)9(8(5)12)17-7(18)3-4-10(13,14)15/h1-2H,3-4,16H2,(H,17,18). The highest BCUT2D eigenvalue weighted by atomic mass is 19.4. The number of rotatable bonds is 3. The predicted molar refractivity (Wildman–Crippen MR) is 54.7 cm³/mol. The summed E-state index contributed by atoms with van der Waals surface area (Å²) in [6.07, 6.45) is -6.74. The van der Waals surface area contributed by atoms with Gasteiger partial charge in [0.25, 0.3) is 0 Å². The molecule has 1 aromatic carbocycles. The molecule has 0 spiro atoms. The van der Waals surface area contributed by atoms with Crippen molar-refractivity contribution in [3.05, 3.63) is 23.8 Å². The first-order chi connectivity index (χ1) is 8.20. The lowest BCUT2D eigenvalue weighted by atomic mass is 10.2. The molecule has 0 saturated carbocycles. The minimum atomic E-state index is -4.50. The van der Waals surface area contributed by atoms with Crippen molar-refractivity contribution in [2.75, 3.05) is 11.1 Å². The maximum Gasteiger partial charge on any atom is 0.389 e. The van der Waals surface area contributed by atoms with Gasteiger partial charge in [0.15, 0.2) is 11.6 Å². The van der Waals surface area contributed by atoms with Gasteiger partial charge in [-0.1, -0.05) is 0 Å². The van der Waals surface area contributed by atoms with Crippen molar-refractivity contribution in [1.82, 2.24) is 0 Å².